The molecule has 0 spiro atoms. The van der Waals surface area contributed by atoms with Crippen molar-refractivity contribution in [3.63, 3.8) is 0 Å². The van der Waals surface area contributed by atoms with Gasteiger partial charge in [-0.15, -0.1) is 0 Å². The molecule has 1 aromatic rings. The zero-order chi connectivity index (χ0) is 17.3. The number of ether oxygens (including phenoxy) is 1. The Morgan fingerprint density at radius 1 is 1.29 bits per heavy atom. The fourth-order valence-electron chi connectivity index (χ4n) is 3.41. The lowest BCUT2D eigenvalue weighted by Gasteiger charge is -2.24. The quantitative estimate of drug-likeness (QED) is 0.651. The van der Waals surface area contributed by atoms with E-state index >= 15 is 0 Å². The average Bonchev–Trinajstić information content (AvgIpc) is 2.97. The third-order valence-corrected chi connectivity index (χ3v) is 5.76. The molecule has 3 atom stereocenters. The van der Waals surface area contributed by atoms with Crippen LogP contribution in [0.5, 0.6) is 0 Å². The van der Waals surface area contributed by atoms with Gasteiger partial charge in [0.05, 0.1) is 5.92 Å². The minimum atomic E-state index is -1.16. The van der Waals surface area contributed by atoms with Gasteiger partial charge in [0.25, 0.3) is 0 Å². The summed E-state index contributed by atoms with van der Waals surface area (Å²) in [4.78, 5) is 48.2. The second kappa shape index (κ2) is 6.39. The molecule has 1 aromatic carbocycles. The summed E-state index contributed by atoms with van der Waals surface area (Å²) in [5.41, 5.74) is 0.849. The molecule has 1 heterocycles. The summed E-state index contributed by atoms with van der Waals surface area (Å²) in [6.07, 6.45) is 0.249. The van der Waals surface area contributed by atoms with Crippen molar-refractivity contribution in [1.82, 2.24) is 5.32 Å². The van der Waals surface area contributed by atoms with Crippen LogP contribution < -0.4 is 5.32 Å². The Morgan fingerprint density at radius 3 is 2.67 bits per heavy atom. The van der Waals surface area contributed by atoms with Crippen LogP contribution in [0.2, 0.25) is 0 Å². The van der Waals surface area contributed by atoms with Crippen molar-refractivity contribution in [3.8, 4) is 0 Å². The molecule has 1 saturated carbocycles. The summed E-state index contributed by atoms with van der Waals surface area (Å²) in [6, 6.07) is 9.21. The Balaban J connectivity index is 1.79. The van der Waals surface area contributed by atoms with Gasteiger partial charge in [-0.25, -0.2) is 0 Å². The number of esters is 1. The van der Waals surface area contributed by atoms with E-state index in [-0.39, 0.29) is 11.5 Å². The Kier molecular flexibility index (Phi) is 4.45. The van der Waals surface area contributed by atoms with Crippen molar-refractivity contribution in [1.29, 1.82) is 0 Å². The third kappa shape index (κ3) is 2.96. The van der Waals surface area contributed by atoms with Crippen LogP contribution in [0.1, 0.15) is 25.3 Å². The number of rotatable bonds is 4. The molecular formula is C17H17NO5S. The molecule has 6 nitrogen and oxygen atoms in total. The average molecular weight is 347 g/mol. The number of carbonyl (C=O) groups is 4. The van der Waals surface area contributed by atoms with Gasteiger partial charge in [0, 0.05) is 13.3 Å². The van der Waals surface area contributed by atoms with E-state index in [2.05, 4.69) is 5.32 Å². The van der Waals surface area contributed by atoms with Gasteiger partial charge in [-0.3, -0.25) is 24.5 Å². The lowest BCUT2D eigenvalue weighted by Crippen LogP contribution is -2.39. The zero-order valence-electron chi connectivity index (χ0n) is 13.1. The number of nitrogens with one attached hydrogen (secondary N) is 1. The molecule has 2 aliphatic rings. The summed E-state index contributed by atoms with van der Waals surface area (Å²) < 4.78 is 4.03. The lowest BCUT2D eigenvalue weighted by molar-refractivity contribution is -0.149. The molecule has 1 saturated heterocycles. The van der Waals surface area contributed by atoms with Crippen LogP contribution in [0.3, 0.4) is 0 Å². The predicted molar refractivity (Wildman–Crippen MR) is 86.9 cm³/mol. The predicted octanol–water partition coefficient (Wildman–Crippen LogP) is 1.23. The highest BCUT2D eigenvalue weighted by molar-refractivity contribution is 8.15. The molecule has 1 N–H and O–H groups in total. The van der Waals surface area contributed by atoms with Crippen molar-refractivity contribution in [2.24, 2.45) is 5.92 Å². The Hall–Kier alpha value is -2.15. The van der Waals surface area contributed by atoms with Crippen LogP contribution in [0.4, 0.5) is 0 Å². The van der Waals surface area contributed by atoms with E-state index in [4.69, 9.17) is 4.74 Å². The second-order valence-corrected chi connectivity index (χ2v) is 7.40. The number of thioether (sulfide) groups is 1. The molecule has 3 rings (SSSR count). The number of hydrogen-bond acceptors (Lipinski definition) is 6. The van der Waals surface area contributed by atoms with E-state index < -0.39 is 34.6 Å². The molecule has 0 radical (unpaired) electrons. The first kappa shape index (κ1) is 16.7. The molecule has 2 amide bonds. The van der Waals surface area contributed by atoms with Gasteiger partial charge in [0.15, 0.2) is 5.12 Å². The summed E-state index contributed by atoms with van der Waals surface area (Å²) in [5.74, 6) is -2.23. The van der Waals surface area contributed by atoms with E-state index in [9.17, 15) is 19.2 Å². The molecule has 0 bridgehead atoms. The van der Waals surface area contributed by atoms with E-state index in [1.54, 1.807) is 0 Å². The van der Waals surface area contributed by atoms with Crippen LogP contribution in [0.15, 0.2) is 30.3 Å². The first-order chi connectivity index (χ1) is 11.4. The van der Waals surface area contributed by atoms with Gasteiger partial charge in [0.1, 0.15) is 10.9 Å². The molecule has 1 unspecified atom stereocenters. The van der Waals surface area contributed by atoms with Gasteiger partial charge in [-0.05, 0) is 18.4 Å². The fourth-order valence-corrected chi connectivity index (χ4v) is 4.81. The summed E-state index contributed by atoms with van der Waals surface area (Å²) in [7, 11) is 0. The first-order valence-corrected chi connectivity index (χ1v) is 8.52. The largest absolute Gasteiger partial charge is 0.462 e. The lowest BCUT2D eigenvalue weighted by atomic mass is 9.96. The summed E-state index contributed by atoms with van der Waals surface area (Å²) in [6.45, 7) is 1.27. The number of fused-ring (bicyclic) bond motifs is 1. The van der Waals surface area contributed by atoms with E-state index in [0.717, 1.165) is 17.3 Å². The number of imide groups is 1. The Bertz CT molecular complexity index is 704. The first-order valence-electron chi connectivity index (χ1n) is 7.70. The second-order valence-electron chi connectivity index (χ2n) is 6.01. The van der Waals surface area contributed by atoms with Crippen molar-refractivity contribution in [2.75, 3.05) is 0 Å². The van der Waals surface area contributed by atoms with Gasteiger partial charge < -0.3 is 4.74 Å². The van der Waals surface area contributed by atoms with E-state index in [1.165, 1.54) is 6.92 Å². The van der Waals surface area contributed by atoms with Gasteiger partial charge in [-0.2, -0.15) is 0 Å². The highest BCUT2D eigenvalue weighted by atomic mass is 32.2. The third-order valence-electron chi connectivity index (χ3n) is 4.38. The van der Waals surface area contributed by atoms with Crippen LogP contribution in [0, 0.1) is 5.92 Å². The zero-order valence-corrected chi connectivity index (χ0v) is 13.9. The number of amides is 2. The maximum atomic E-state index is 12.5. The molecule has 24 heavy (non-hydrogen) atoms. The van der Waals surface area contributed by atoms with Crippen molar-refractivity contribution < 1.29 is 23.9 Å². The normalized spacial score (nSPS) is 28.4. The standard InChI is InChI=1S/C17H17NO5S/c1-10(19)23-12-7-8-17(14(12)15(21)18-16(17)22)24-13(20)9-11-5-3-2-4-6-11/h2-6,12,14H,7-9H2,1H3,(H,18,21,22)/t12?,14-,17+/m0/s1. The van der Waals surface area contributed by atoms with Crippen LogP contribution in [-0.2, 0) is 30.3 Å². The number of carbonyl (C=O) groups excluding carboxylic acids is 4. The van der Waals surface area contributed by atoms with Gasteiger partial charge >= 0.3 is 5.97 Å². The molecule has 1 aliphatic heterocycles. The maximum absolute atomic E-state index is 12.5. The smallest absolute Gasteiger partial charge is 0.302 e. The minimum Gasteiger partial charge on any atom is -0.462 e. The fraction of sp³-hybridized carbons (Fsp3) is 0.412. The monoisotopic (exact) mass is 347 g/mol. The molecular weight excluding hydrogens is 330 g/mol. The van der Waals surface area contributed by atoms with Crippen LogP contribution >= 0.6 is 11.8 Å². The highest BCUT2D eigenvalue weighted by Crippen LogP contribution is 2.50. The SMILES string of the molecule is CC(=O)OC1CC[C@]2(SC(=O)Cc3ccccc3)C(=O)NC(=O)[C@H]12. The molecule has 7 heteroatoms. The summed E-state index contributed by atoms with van der Waals surface area (Å²) in [5, 5.41) is 2.11. The molecule has 0 aromatic heterocycles. The maximum Gasteiger partial charge on any atom is 0.302 e. The molecule has 126 valence electrons. The van der Waals surface area contributed by atoms with Crippen molar-refractivity contribution >= 4 is 34.7 Å². The van der Waals surface area contributed by atoms with Crippen LogP contribution in [-0.4, -0.2) is 33.7 Å². The minimum absolute atomic E-state index is 0.180. The van der Waals surface area contributed by atoms with Crippen LogP contribution in [0.25, 0.3) is 0 Å². The Labute approximate surface area is 143 Å². The van der Waals surface area contributed by atoms with E-state index in [1.807, 2.05) is 30.3 Å². The van der Waals surface area contributed by atoms with Gasteiger partial charge in [-0.1, -0.05) is 42.1 Å². The number of hydrogen-bond donors (Lipinski definition) is 1. The highest BCUT2D eigenvalue weighted by Gasteiger charge is 2.64. The molecule has 2 fully saturated rings. The van der Waals surface area contributed by atoms with Gasteiger partial charge in [0.2, 0.25) is 11.8 Å². The van der Waals surface area contributed by atoms with Crippen molar-refractivity contribution in [2.45, 2.75) is 37.0 Å². The summed E-state index contributed by atoms with van der Waals surface area (Å²) >= 11 is 0.900. The van der Waals surface area contributed by atoms with E-state index in [0.29, 0.717) is 12.8 Å². The topological polar surface area (TPSA) is 89.5 Å². The van der Waals surface area contributed by atoms with Crippen molar-refractivity contribution in [3.05, 3.63) is 35.9 Å². The molecule has 1 aliphatic carbocycles. The number of benzene rings is 1. The Morgan fingerprint density at radius 2 is 2.00 bits per heavy atom.